The van der Waals surface area contributed by atoms with Gasteiger partial charge in [0.25, 0.3) is 0 Å². The Morgan fingerprint density at radius 2 is 1.84 bits per heavy atom. The summed E-state index contributed by atoms with van der Waals surface area (Å²) in [4.78, 5) is 12.4. The Kier molecular flexibility index (Phi) is 8.75. The van der Waals surface area contributed by atoms with Gasteiger partial charge in [-0.1, -0.05) is 6.92 Å². The summed E-state index contributed by atoms with van der Waals surface area (Å²) < 4.78 is 18.2. The Hall–Kier alpha value is -2.77. The summed E-state index contributed by atoms with van der Waals surface area (Å²) in [6.45, 7) is 9.64. The molecular weight excluding hydrogens is 476 g/mol. The van der Waals surface area contributed by atoms with Crippen LogP contribution in [0.2, 0.25) is 0 Å². The second-order valence-electron chi connectivity index (χ2n) is 11.0. The molecule has 206 valence electrons. The molecular formula is C31H44N4O3. The molecule has 2 aliphatic heterocycles. The maximum absolute atomic E-state index is 6.26. The molecule has 2 fully saturated rings. The number of aryl methyl sites for hydroxylation is 1. The van der Waals surface area contributed by atoms with Gasteiger partial charge in [-0.25, -0.2) is 4.98 Å². The molecule has 7 nitrogen and oxygen atoms in total. The predicted molar refractivity (Wildman–Crippen MR) is 155 cm³/mol. The lowest BCUT2D eigenvalue weighted by Crippen LogP contribution is -2.35. The van der Waals surface area contributed by atoms with Crippen LogP contribution in [-0.4, -0.2) is 81.9 Å². The number of piperidine rings is 1. The van der Waals surface area contributed by atoms with Crippen molar-refractivity contribution in [2.45, 2.75) is 45.4 Å². The number of hydrogen-bond donors (Lipinski definition) is 0. The van der Waals surface area contributed by atoms with E-state index in [1.165, 1.54) is 51.9 Å². The first-order valence-electron chi connectivity index (χ1n) is 14.4. The molecule has 0 aliphatic carbocycles. The van der Waals surface area contributed by atoms with E-state index in [0.717, 1.165) is 71.2 Å². The van der Waals surface area contributed by atoms with Gasteiger partial charge in [0, 0.05) is 43.7 Å². The molecule has 7 heteroatoms. The molecule has 3 aromatic rings. The Morgan fingerprint density at radius 3 is 2.55 bits per heavy atom. The average Bonchev–Trinajstić information content (AvgIpc) is 3.63. The first kappa shape index (κ1) is 26.8. The predicted octanol–water partition coefficient (Wildman–Crippen LogP) is 5.71. The molecule has 2 aromatic heterocycles. The fourth-order valence-corrected chi connectivity index (χ4v) is 5.84. The van der Waals surface area contributed by atoms with E-state index < -0.39 is 0 Å². The van der Waals surface area contributed by atoms with Crippen molar-refractivity contribution in [3.05, 3.63) is 36.1 Å². The zero-order chi connectivity index (χ0) is 26.5. The van der Waals surface area contributed by atoms with Crippen LogP contribution in [0.1, 0.15) is 44.8 Å². The monoisotopic (exact) mass is 520 g/mol. The molecule has 0 saturated carbocycles. The van der Waals surface area contributed by atoms with Crippen LogP contribution in [0.4, 0.5) is 5.69 Å². The maximum atomic E-state index is 6.26. The minimum absolute atomic E-state index is 0.666. The topological polar surface area (TPSA) is 54.2 Å². The number of aromatic nitrogens is 1. The number of pyridine rings is 1. The van der Waals surface area contributed by atoms with Gasteiger partial charge in [-0.05, 0) is 95.5 Å². The minimum atomic E-state index is 0.666. The molecule has 1 aromatic carbocycles. The minimum Gasteiger partial charge on any atom is -0.493 e. The highest BCUT2D eigenvalue weighted by atomic mass is 16.5. The zero-order valence-electron chi connectivity index (χ0n) is 23.7. The van der Waals surface area contributed by atoms with Crippen molar-refractivity contribution in [3.8, 4) is 23.0 Å². The quantitative estimate of drug-likeness (QED) is 0.300. The number of furan rings is 1. The van der Waals surface area contributed by atoms with Crippen molar-refractivity contribution in [2.24, 2.45) is 5.92 Å². The zero-order valence-corrected chi connectivity index (χ0v) is 23.7. The van der Waals surface area contributed by atoms with E-state index in [2.05, 4.69) is 47.9 Å². The van der Waals surface area contributed by atoms with Gasteiger partial charge in [-0.3, -0.25) is 0 Å². The van der Waals surface area contributed by atoms with Gasteiger partial charge in [0.05, 0.1) is 19.2 Å². The van der Waals surface area contributed by atoms with Crippen LogP contribution in [0, 0.1) is 5.92 Å². The van der Waals surface area contributed by atoms with Crippen LogP contribution in [0.25, 0.3) is 22.4 Å². The van der Waals surface area contributed by atoms with Crippen LogP contribution < -0.4 is 14.4 Å². The molecule has 4 heterocycles. The fraction of sp³-hybridized carbons (Fsp3) is 0.581. The van der Waals surface area contributed by atoms with Crippen LogP contribution in [0.5, 0.6) is 11.5 Å². The molecule has 5 rings (SSSR count). The number of benzene rings is 1. The van der Waals surface area contributed by atoms with E-state index in [1.54, 1.807) is 7.11 Å². The Morgan fingerprint density at radius 1 is 1.05 bits per heavy atom. The lowest BCUT2D eigenvalue weighted by Gasteiger charge is -2.33. The Labute approximate surface area is 227 Å². The van der Waals surface area contributed by atoms with Crippen LogP contribution in [0.15, 0.2) is 34.7 Å². The first-order chi connectivity index (χ1) is 18.5. The van der Waals surface area contributed by atoms with Gasteiger partial charge >= 0.3 is 0 Å². The second-order valence-corrected chi connectivity index (χ2v) is 11.0. The number of likely N-dealkylation sites (tertiary alicyclic amines) is 2. The first-order valence-corrected chi connectivity index (χ1v) is 14.4. The molecule has 0 spiro atoms. The third-order valence-corrected chi connectivity index (χ3v) is 8.19. The Balaban J connectivity index is 1.44. The van der Waals surface area contributed by atoms with Gasteiger partial charge < -0.3 is 28.6 Å². The summed E-state index contributed by atoms with van der Waals surface area (Å²) in [5.74, 6) is 3.97. The van der Waals surface area contributed by atoms with E-state index in [0.29, 0.717) is 12.5 Å². The van der Waals surface area contributed by atoms with E-state index in [9.17, 15) is 0 Å². The number of methoxy groups -OCH3 is 1. The summed E-state index contributed by atoms with van der Waals surface area (Å²) in [7, 11) is 6.14. The number of hydrogen-bond acceptors (Lipinski definition) is 7. The normalized spacial score (nSPS) is 17.4. The molecule has 38 heavy (non-hydrogen) atoms. The van der Waals surface area contributed by atoms with Gasteiger partial charge in [0.15, 0.2) is 17.3 Å². The lowest BCUT2D eigenvalue weighted by molar-refractivity contribution is 0.222. The number of anilines is 1. The van der Waals surface area contributed by atoms with Gasteiger partial charge in [-0.2, -0.15) is 0 Å². The molecule has 2 saturated heterocycles. The third-order valence-electron chi connectivity index (χ3n) is 8.19. The molecule has 0 radical (unpaired) electrons. The van der Waals surface area contributed by atoms with Gasteiger partial charge in [-0.15, -0.1) is 0 Å². The highest BCUT2D eigenvalue weighted by Crippen LogP contribution is 2.39. The smallest absolute Gasteiger partial charge is 0.163 e. The van der Waals surface area contributed by atoms with Crippen molar-refractivity contribution < 1.29 is 13.9 Å². The van der Waals surface area contributed by atoms with Crippen molar-refractivity contribution >= 4 is 16.6 Å². The van der Waals surface area contributed by atoms with Crippen LogP contribution >= 0.6 is 0 Å². The van der Waals surface area contributed by atoms with Crippen LogP contribution in [0.3, 0.4) is 0 Å². The number of nitrogens with zero attached hydrogens (tertiary/aromatic N) is 4. The third kappa shape index (κ3) is 6.26. The molecule has 0 bridgehead atoms. The number of ether oxygens (including phenoxy) is 2. The van der Waals surface area contributed by atoms with Crippen molar-refractivity contribution in [3.63, 3.8) is 0 Å². The summed E-state index contributed by atoms with van der Waals surface area (Å²) in [6, 6.07) is 10.4. The molecule has 0 unspecified atom stereocenters. The van der Waals surface area contributed by atoms with E-state index in [4.69, 9.17) is 18.9 Å². The number of rotatable bonds is 11. The maximum Gasteiger partial charge on any atom is 0.163 e. The van der Waals surface area contributed by atoms with Crippen molar-refractivity contribution in [1.82, 2.24) is 14.8 Å². The SMILES string of the molecule is CCc1ccc(-c2cc(N(C)CC3CCN(C)CC3)c3cc(OC)c(OCCCN4CCCC4)cc3n2)o1. The molecule has 2 aliphatic rings. The number of fused-ring (bicyclic) bond motifs is 1. The molecule has 0 atom stereocenters. The standard InChI is InChI=1S/C31H44N4O3/c1-5-24-9-10-29(38-24)27-20-28(34(3)22-23-11-16-33(2)17-12-23)25-19-30(36-4)31(21-26(25)32-27)37-18-8-15-35-13-6-7-14-35/h9-10,19-21,23H,5-8,11-18,22H2,1-4H3. The van der Waals surface area contributed by atoms with E-state index in [-0.39, 0.29) is 0 Å². The summed E-state index contributed by atoms with van der Waals surface area (Å²) in [5, 5.41) is 1.08. The summed E-state index contributed by atoms with van der Waals surface area (Å²) in [5.41, 5.74) is 2.90. The van der Waals surface area contributed by atoms with Gasteiger partial charge in [0.1, 0.15) is 11.5 Å². The van der Waals surface area contributed by atoms with Crippen molar-refractivity contribution in [1.29, 1.82) is 0 Å². The van der Waals surface area contributed by atoms with Crippen molar-refractivity contribution in [2.75, 3.05) is 72.0 Å². The highest BCUT2D eigenvalue weighted by Gasteiger charge is 2.22. The highest BCUT2D eigenvalue weighted by molar-refractivity contribution is 5.96. The lowest BCUT2D eigenvalue weighted by atomic mass is 9.96. The fourth-order valence-electron chi connectivity index (χ4n) is 5.84. The van der Waals surface area contributed by atoms with E-state index >= 15 is 0 Å². The van der Waals surface area contributed by atoms with Crippen LogP contribution in [-0.2, 0) is 6.42 Å². The molecule has 0 amide bonds. The van der Waals surface area contributed by atoms with Gasteiger partial charge in [0.2, 0.25) is 0 Å². The average molecular weight is 521 g/mol. The Bertz CT molecular complexity index is 1200. The summed E-state index contributed by atoms with van der Waals surface area (Å²) in [6.07, 6.45) is 6.96. The second kappa shape index (κ2) is 12.4. The largest absolute Gasteiger partial charge is 0.493 e. The summed E-state index contributed by atoms with van der Waals surface area (Å²) >= 11 is 0. The van der Waals surface area contributed by atoms with E-state index in [1.807, 2.05) is 18.2 Å². The molecule has 0 N–H and O–H groups in total.